The molecule has 1 unspecified atom stereocenters. The number of sulfonamides is 1. The fourth-order valence-electron chi connectivity index (χ4n) is 12.9. The van der Waals surface area contributed by atoms with Crippen LogP contribution in [0.4, 0.5) is 0 Å². The number of hydrogen-bond acceptors (Lipinski definition) is 20. The van der Waals surface area contributed by atoms with Gasteiger partial charge in [-0.2, -0.15) is 0 Å². The Kier molecular flexibility index (Phi) is 23.8. The Bertz CT molecular complexity index is 2340. The topological polar surface area (TPSA) is 266 Å². The smallest absolute Gasteiger partial charge is 0.311 e. The number of nitrogens with one attached hydrogen (secondary N) is 1. The third-order valence-corrected chi connectivity index (χ3v) is 19.0. The number of aliphatic hydroxyl groups excluding tert-OH is 2. The summed E-state index contributed by atoms with van der Waals surface area (Å²) in [5, 5.41) is 39.2. The van der Waals surface area contributed by atoms with E-state index < -0.39 is 143 Å². The van der Waals surface area contributed by atoms with Crippen LogP contribution in [-0.4, -0.2) is 183 Å². The van der Waals surface area contributed by atoms with E-state index in [1.807, 2.05) is 55.4 Å². The maximum Gasteiger partial charge on any atom is 0.311 e. The molecule has 462 valence electrons. The van der Waals surface area contributed by atoms with Crippen LogP contribution in [0, 0.1) is 47.3 Å². The number of ketones is 1. The molecule has 4 saturated heterocycles. The minimum Gasteiger partial charge on any atom is -0.461 e. The summed E-state index contributed by atoms with van der Waals surface area (Å²) in [6.07, 6.45) is -10.1. The third kappa shape index (κ3) is 16.6. The standard InChI is InChI=1S/C59H97N3O18S/c1-30(2)22-46(63)77-52-38(10)51(32(4)29-73-58-54(71-15)36(8)48(64)41(13)76-58)79-56(67)40(12)53(37(9)50(31(3)27-59(14,68)55(66)39(52)11)80-57-49(65)45(60-72-16)24-34(6)75-57)78-47-23-33(5)62(28-35(7)74-47)43-25-42(26-43)61-81(69,70)44-20-18-17-19-21-44/h17-21,30-43,47-54,57-58,61,64-65,68H,22-29H2,1-16H3/b60-45+/t31-,32-,33?,34+,35-,36+,37+,38-,39+,40+,41+,42-,43-,47-,48-,49+,50-,51+,52+,53-,54+,57-,58+,59-/m0/s1. The lowest BCUT2D eigenvalue weighted by atomic mass is 9.74. The second-order valence-electron chi connectivity index (χ2n) is 25.0. The largest absolute Gasteiger partial charge is 0.461 e. The van der Waals surface area contributed by atoms with Crippen LogP contribution in [0.15, 0.2) is 40.4 Å². The number of methoxy groups -OCH3 is 1. The highest BCUT2D eigenvalue weighted by Gasteiger charge is 2.51. The van der Waals surface area contributed by atoms with Gasteiger partial charge in [0, 0.05) is 74.7 Å². The summed E-state index contributed by atoms with van der Waals surface area (Å²) in [5.74, 6) is -7.52. The van der Waals surface area contributed by atoms with Gasteiger partial charge in [-0.3, -0.25) is 19.3 Å². The van der Waals surface area contributed by atoms with Crippen LogP contribution >= 0.6 is 0 Å². The first kappa shape index (κ1) is 66.9. The summed E-state index contributed by atoms with van der Waals surface area (Å²) in [6, 6.07) is 7.95. The highest BCUT2D eigenvalue weighted by molar-refractivity contribution is 7.89. The molecule has 0 radical (unpaired) electrons. The predicted molar refractivity (Wildman–Crippen MR) is 299 cm³/mol. The number of hydrogen-bond donors (Lipinski definition) is 4. The van der Waals surface area contributed by atoms with Gasteiger partial charge in [0.25, 0.3) is 0 Å². The van der Waals surface area contributed by atoms with Crippen molar-refractivity contribution < 1.29 is 85.6 Å². The SMILES string of the molecule is CO/N=C1\C[C@@H](C)O[C@@H](O[C@@H]2[C@@H](C)[C@H](O[C@H]3CC(C)N([C@H]4C[C@H](NS(=O)(=O)c5ccccc5)C4)C[C@H](C)O3)[C@@H](C)C(=O)O[C@H]([C@@H](C)CO[C@@H]3O[C@H](C)[C@@H](O)[C@@H](C)[C@H]3OC)[C@H](C)[C@@H](OC(=O)CC(C)C)[C@@H](C)C(=O)[C@@](C)(O)C[C@@H]2C)[C@@H]1O. The van der Waals surface area contributed by atoms with E-state index in [9.17, 15) is 28.5 Å². The Morgan fingerprint density at radius 1 is 0.827 bits per heavy atom. The molecule has 0 aromatic heterocycles. The fourth-order valence-corrected chi connectivity index (χ4v) is 14.2. The Morgan fingerprint density at radius 2 is 1.49 bits per heavy atom. The van der Waals surface area contributed by atoms with E-state index in [1.165, 1.54) is 21.1 Å². The van der Waals surface area contributed by atoms with E-state index >= 15 is 9.59 Å². The van der Waals surface area contributed by atoms with Crippen molar-refractivity contribution in [2.75, 3.05) is 27.4 Å². The molecule has 4 heterocycles. The lowest BCUT2D eigenvalue weighted by molar-refractivity contribution is -0.288. The molecule has 5 aliphatic rings. The zero-order valence-electron chi connectivity index (χ0n) is 50.7. The Balaban J connectivity index is 1.38. The van der Waals surface area contributed by atoms with Gasteiger partial charge in [-0.1, -0.05) is 78.7 Å². The van der Waals surface area contributed by atoms with E-state index in [2.05, 4.69) is 21.7 Å². The minimum absolute atomic E-state index is 0.0352. The maximum absolute atomic E-state index is 15.4. The van der Waals surface area contributed by atoms with Crippen molar-refractivity contribution in [2.45, 2.75) is 244 Å². The van der Waals surface area contributed by atoms with Crippen molar-refractivity contribution >= 4 is 33.5 Å². The van der Waals surface area contributed by atoms with Crippen molar-refractivity contribution in [1.29, 1.82) is 0 Å². The molecule has 4 aliphatic heterocycles. The Labute approximate surface area is 481 Å². The van der Waals surface area contributed by atoms with Crippen LogP contribution in [-0.2, 0) is 71.9 Å². The molecule has 1 aromatic rings. The van der Waals surface area contributed by atoms with Crippen molar-refractivity contribution in [2.24, 2.45) is 52.5 Å². The zero-order valence-corrected chi connectivity index (χ0v) is 51.5. The minimum atomic E-state index is -3.71. The molecule has 1 aliphatic carbocycles. The number of Topliss-reactive ketones (excluding diaryl/α,β-unsaturated/α-hetero) is 1. The molecule has 0 spiro atoms. The molecule has 5 fully saturated rings. The number of carbonyl (C=O) groups is 3. The number of esters is 2. The summed E-state index contributed by atoms with van der Waals surface area (Å²) in [4.78, 5) is 51.8. The summed E-state index contributed by atoms with van der Waals surface area (Å²) in [5.41, 5.74) is -1.76. The van der Waals surface area contributed by atoms with E-state index in [1.54, 1.807) is 58.0 Å². The molecular formula is C59H97N3O18S. The molecule has 81 heavy (non-hydrogen) atoms. The fraction of sp³-hybridized carbons (Fsp3) is 0.831. The third-order valence-electron chi connectivity index (χ3n) is 17.4. The van der Waals surface area contributed by atoms with Crippen LogP contribution in [0.5, 0.6) is 0 Å². The second-order valence-corrected chi connectivity index (χ2v) is 26.7. The number of ether oxygens (including phenoxy) is 9. The number of oxime groups is 1. The van der Waals surface area contributed by atoms with Gasteiger partial charge < -0.3 is 62.8 Å². The Hall–Kier alpha value is -3.23. The predicted octanol–water partition coefficient (Wildman–Crippen LogP) is 5.77. The van der Waals surface area contributed by atoms with Crippen LogP contribution in [0.25, 0.3) is 0 Å². The van der Waals surface area contributed by atoms with Gasteiger partial charge in [0.1, 0.15) is 37.1 Å². The normalized spacial score (nSPS) is 41.8. The molecule has 4 N–H and O–H groups in total. The van der Waals surface area contributed by atoms with Crippen molar-refractivity contribution in [3.05, 3.63) is 30.3 Å². The van der Waals surface area contributed by atoms with Crippen LogP contribution < -0.4 is 4.72 Å². The van der Waals surface area contributed by atoms with E-state index in [4.69, 9.17) is 47.5 Å². The molecule has 0 amide bonds. The van der Waals surface area contributed by atoms with Crippen LogP contribution in [0.2, 0.25) is 0 Å². The lowest BCUT2D eigenvalue weighted by Crippen LogP contribution is -2.56. The van der Waals surface area contributed by atoms with Gasteiger partial charge in [-0.15, -0.1) is 0 Å². The van der Waals surface area contributed by atoms with Crippen molar-refractivity contribution in [3.8, 4) is 0 Å². The monoisotopic (exact) mass is 1170 g/mol. The molecule has 1 saturated carbocycles. The van der Waals surface area contributed by atoms with Crippen molar-refractivity contribution in [3.63, 3.8) is 0 Å². The number of cyclic esters (lactones) is 1. The summed E-state index contributed by atoms with van der Waals surface area (Å²) < 4.78 is 87.7. The van der Waals surface area contributed by atoms with Gasteiger partial charge in [-0.25, -0.2) is 13.1 Å². The molecule has 1 aromatic carbocycles. The lowest BCUT2D eigenvalue weighted by Gasteiger charge is -2.45. The first-order valence-electron chi connectivity index (χ1n) is 29.4. The molecule has 21 nitrogen and oxygen atoms in total. The summed E-state index contributed by atoms with van der Waals surface area (Å²) in [7, 11) is -0.829. The number of carbonyl (C=O) groups excluding carboxylic acids is 3. The Morgan fingerprint density at radius 3 is 2.12 bits per heavy atom. The quantitative estimate of drug-likeness (QED) is 0.106. The van der Waals surface area contributed by atoms with Crippen LogP contribution in [0.1, 0.15) is 135 Å². The number of nitrogens with zero attached hydrogens (tertiary/aromatic N) is 2. The average Bonchev–Trinajstić information content (AvgIpc) is 3.53. The molecule has 22 heteroatoms. The number of rotatable bonds is 17. The van der Waals surface area contributed by atoms with Crippen molar-refractivity contribution in [1.82, 2.24) is 9.62 Å². The van der Waals surface area contributed by atoms with Gasteiger partial charge in [0.05, 0.1) is 65.7 Å². The average molecular weight is 1170 g/mol. The van der Waals surface area contributed by atoms with Gasteiger partial charge in [-0.05, 0) is 84.8 Å². The molecule has 0 bridgehead atoms. The van der Waals surface area contributed by atoms with E-state index in [-0.39, 0.29) is 66.8 Å². The molecular weight excluding hydrogens is 1070 g/mol. The van der Waals surface area contributed by atoms with Gasteiger partial charge in [0.2, 0.25) is 10.0 Å². The van der Waals surface area contributed by atoms with E-state index in [0.717, 1.165) is 0 Å². The highest BCUT2D eigenvalue weighted by atomic mass is 32.2. The van der Waals surface area contributed by atoms with Gasteiger partial charge >= 0.3 is 11.9 Å². The first-order valence-corrected chi connectivity index (χ1v) is 30.8. The van der Waals surface area contributed by atoms with Crippen LogP contribution in [0.3, 0.4) is 0 Å². The first-order chi connectivity index (χ1) is 38.0. The summed E-state index contributed by atoms with van der Waals surface area (Å²) in [6.45, 7) is 25.6. The number of benzene rings is 1. The molecule has 22 atom stereocenters. The molecule has 6 rings (SSSR count). The van der Waals surface area contributed by atoms with E-state index in [0.29, 0.717) is 31.5 Å². The highest BCUT2D eigenvalue weighted by Crippen LogP contribution is 2.40. The number of aliphatic hydroxyl groups is 3. The maximum atomic E-state index is 15.4. The summed E-state index contributed by atoms with van der Waals surface area (Å²) >= 11 is 0. The van der Waals surface area contributed by atoms with Gasteiger partial charge in [0.15, 0.2) is 24.7 Å². The second kappa shape index (κ2) is 28.8. The zero-order chi connectivity index (χ0) is 60.0.